The highest BCUT2D eigenvalue weighted by Crippen LogP contribution is 2.03. The summed E-state index contributed by atoms with van der Waals surface area (Å²) >= 11 is 0. The zero-order valence-corrected chi connectivity index (χ0v) is 9.51. The molecule has 0 saturated heterocycles. The summed E-state index contributed by atoms with van der Waals surface area (Å²) in [4.78, 5) is 21.8. The van der Waals surface area contributed by atoms with E-state index in [0.29, 0.717) is 18.5 Å². The number of hydrazine groups is 1. The summed E-state index contributed by atoms with van der Waals surface area (Å²) in [5.74, 6) is 4.37. The van der Waals surface area contributed by atoms with Gasteiger partial charge < -0.3 is 11.1 Å². The highest BCUT2D eigenvalue weighted by atomic mass is 16.2. The van der Waals surface area contributed by atoms with Gasteiger partial charge in [0.1, 0.15) is 0 Å². The molecule has 0 atom stereocenters. The van der Waals surface area contributed by atoms with Crippen LogP contribution < -0.4 is 27.7 Å². The van der Waals surface area contributed by atoms with Gasteiger partial charge in [0.05, 0.1) is 0 Å². The minimum atomic E-state index is -0.401. The first kappa shape index (κ1) is 13.5. The molecule has 8 heteroatoms. The topological polar surface area (TPSA) is 135 Å². The Bertz CT molecular complexity index is 442. The summed E-state index contributed by atoms with van der Waals surface area (Å²) < 4.78 is 0. The van der Waals surface area contributed by atoms with Gasteiger partial charge in [-0.15, -0.1) is 5.10 Å². The summed E-state index contributed by atoms with van der Waals surface area (Å²) in [6.07, 6.45) is 0.609. The number of hydrazone groups is 1. The van der Waals surface area contributed by atoms with Crippen LogP contribution in [0.1, 0.15) is 15.9 Å². The van der Waals surface area contributed by atoms with Gasteiger partial charge in [0.2, 0.25) is 12.4 Å². The fraction of sp³-hybridized carbons (Fsp3) is 0.100. The van der Waals surface area contributed by atoms with E-state index in [1.807, 2.05) is 5.53 Å². The normalized spacial score (nSPS) is 10.6. The van der Waals surface area contributed by atoms with Gasteiger partial charge in [0.15, 0.2) is 0 Å². The Kier molecular flexibility index (Phi) is 5.13. The van der Waals surface area contributed by atoms with Crippen molar-refractivity contribution < 1.29 is 9.59 Å². The lowest BCUT2D eigenvalue weighted by Crippen LogP contribution is -2.39. The maximum absolute atomic E-state index is 11.6. The fourth-order valence-electron chi connectivity index (χ4n) is 1.22. The molecule has 8 nitrogen and oxygen atoms in total. The third kappa shape index (κ3) is 4.10. The van der Waals surface area contributed by atoms with Gasteiger partial charge in [0, 0.05) is 12.1 Å². The lowest BCUT2D eigenvalue weighted by Gasteiger charge is -2.05. The van der Waals surface area contributed by atoms with E-state index in [1.54, 1.807) is 24.3 Å². The highest BCUT2D eigenvalue weighted by molar-refractivity contribution is 6.05. The lowest BCUT2D eigenvalue weighted by molar-refractivity contribution is -0.109. The number of benzene rings is 1. The second-order valence-corrected chi connectivity index (χ2v) is 3.28. The Morgan fingerprint density at radius 2 is 2.00 bits per heavy atom. The van der Waals surface area contributed by atoms with Crippen LogP contribution in [-0.4, -0.2) is 18.3 Å². The number of hydrogen-bond donors (Lipinski definition) is 5. The van der Waals surface area contributed by atoms with E-state index in [0.717, 1.165) is 5.56 Å². The minimum Gasteiger partial charge on any atom is -0.368 e. The van der Waals surface area contributed by atoms with E-state index in [9.17, 15) is 9.59 Å². The smallest absolute Gasteiger partial charge is 0.257 e. The second-order valence-electron chi connectivity index (χ2n) is 3.28. The van der Waals surface area contributed by atoms with Gasteiger partial charge >= 0.3 is 0 Å². The van der Waals surface area contributed by atoms with Crippen LogP contribution in [0.15, 0.2) is 29.4 Å². The monoisotopic (exact) mass is 250 g/mol. The van der Waals surface area contributed by atoms with Crippen molar-refractivity contribution in [2.45, 2.75) is 6.54 Å². The summed E-state index contributed by atoms with van der Waals surface area (Å²) in [6, 6.07) is 6.67. The number of nitrogens with two attached hydrogens (primary N) is 2. The zero-order chi connectivity index (χ0) is 13.4. The molecule has 0 radical (unpaired) electrons. The molecule has 0 fully saturated rings. The van der Waals surface area contributed by atoms with E-state index in [4.69, 9.17) is 11.6 Å². The summed E-state index contributed by atoms with van der Waals surface area (Å²) in [7, 11) is 0. The number of nitrogens with one attached hydrogen (secondary N) is 3. The van der Waals surface area contributed by atoms with Crippen molar-refractivity contribution in [2.75, 3.05) is 0 Å². The molecule has 7 N–H and O–H groups in total. The molecule has 1 aromatic rings. The van der Waals surface area contributed by atoms with Crippen molar-refractivity contribution >= 4 is 18.3 Å². The molecule has 0 unspecified atom stereocenters. The quantitative estimate of drug-likeness (QED) is 0.140. The molecule has 0 aliphatic carbocycles. The molecular weight excluding hydrogens is 236 g/mol. The van der Waals surface area contributed by atoms with E-state index in [-0.39, 0.29) is 5.96 Å². The zero-order valence-electron chi connectivity index (χ0n) is 9.51. The maximum Gasteiger partial charge on any atom is 0.257 e. The van der Waals surface area contributed by atoms with Crippen LogP contribution in [0.25, 0.3) is 0 Å². The average molecular weight is 250 g/mol. The first-order valence-corrected chi connectivity index (χ1v) is 5.03. The van der Waals surface area contributed by atoms with Crippen LogP contribution >= 0.6 is 0 Å². The van der Waals surface area contributed by atoms with Crippen LogP contribution in [0.4, 0.5) is 0 Å². The summed E-state index contributed by atoms with van der Waals surface area (Å²) in [5.41, 5.74) is 8.60. The Hall–Kier alpha value is -2.61. The van der Waals surface area contributed by atoms with Crippen LogP contribution in [0.5, 0.6) is 0 Å². The van der Waals surface area contributed by atoms with Gasteiger partial charge in [-0.2, -0.15) is 0 Å². The first-order valence-electron chi connectivity index (χ1n) is 5.03. The van der Waals surface area contributed by atoms with Crippen LogP contribution in [-0.2, 0) is 11.3 Å². The number of rotatable bonds is 5. The third-order valence-electron chi connectivity index (χ3n) is 2.03. The molecule has 1 rings (SSSR count). The lowest BCUT2D eigenvalue weighted by atomic mass is 10.1. The number of carbonyl (C=O) groups excluding carboxylic acids is 2. The van der Waals surface area contributed by atoms with E-state index >= 15 is 0 Å². The molecular formula is C10H14N6O2. The molecule has 2 amide bonds. The molecule has 0 aliphatic rings. The summed E-state index contributed by atoms with van der Waals surface area (Å²) in [5, 5.41) is 8.24. The van der Waals surface area contributed by atoms with E-state index < -0.39 is 5.91 Å². The molecule has 0 aromatic heterocycles. The second kappa shape index (κ2) is 6.86. The van der Waals surface area contributed by atoms with E-state index in [1.165, 1.54) is 0 Å². The average Bonchev–Trinajstić information content (AvgIpc) is 2.37. The molecule has 0 aliphatic heterocycles. The number of amides is 2. The van der Waals surface area contributed by atoms with Crippen LogP contribution in [0.2, 0.25) is 0 Å². The largest absolute Gasteiger partial charge is 0.368 e. The number of hydrogen-bond acceptors (Lipinski definition) is 5. The van der Waals surface area contributed by atoms with Crippen LogP contribution in [0, 0.1) is 0 Å². The van der Waals surface area contributed by atoms with Crippen molar-refractivity contribution in [3.8, 4) is 0 Å². The Balaban J connectivity index is 2.64. The standard InChI is InChI=1S/C10H14N6O2/c11-10(15-16-12)14-9(18)8-3-1-7(2-4-8)5-13-6-17/h1-4,6,16H,5,12H2,(H,13,17)(H3,11,14,15,18). The Morgan fingerprint density at radius 1 is 1.33 bits per heavy atom. The maximum atomic E-state index is 11.6. The van der Waals surface area contributed by atoms with Gasteiger partial charge in [-0.25, -0.2) is 11.4 Å². The number of nitrogens with zero attached hydrogens (tertiary/aromatic N) is 1. The third-order valence-corrected chi connectivity index (χ3v) is 2.03. The molecule has 0 heterocycles. The molecule has 18 heavy (non-hydrogen) atoms. The van der Waals surface area contributed by atoms with Crippen molar-refractivity contribution in [3.63, 3.8) is 0 Å². The van der Waals surface area contributed by atoms with Crippen molar-refractivity contribution in [3.05, 3.63) is 35.4 Å². The summed E-state index contributed by atoms with van der Waals surface area (Å²) in [6.45, 7) is 0.409. The first-order chi connectivity index (χ1) is 8.67. The van der Waals surface area contributed by atoms with Gasteiger partial charge in [-0.05, 0) is 17.7 Å². The van der Waals surface area contributed by atoms with Crippen molar-refractivity contribution in [1.29, 1.82) is 0 Å². The van der Waals surface area contributed by atoms with Gasteiger partial charge in [0.25, 0.3) is 5.91 Å². The minimum absolute atomic E-state index is 0.130. The molecule has 96 valence electrons. The fourth-order valence-corrected chi connectivity index (χ4v) is 1.22. The molecule has 0 spiro atoms. The predicted molar refractivity (Wildman–Crippen MR) is 65.8 cm³/mol. The number of guanidine groups is 1. The molecule has 0 bridgehead atoms. The van der Waals surface area contributed by atoms with Gasteiger partial charge in [-0.3, -0.25) is 14.9 Å². The van der Waals surface area contributed by atoms with Crippen molar-refractivity contribution in [2.24, 2.45) is 16.7 Å². The SMILES string of the molecule is NN/N=C(\N)NC(=O)c1ccc(CNC=O)cc1. The molecule has 1 aromatic carbocycles. The van der Waals surface area contributed by atoms with E-state index in [2.05, 4.69) is 15.7 Å². The number of carbonyl (C=O) groups is 2. The van der Waals surface area contributed by atoms with Crippen molar-refractivity contribution in [1.82, 2.24) is 16.2 Å². The molecule has 0 saturated carbocycles. The van der Waals surface area contributed by atoms with Crippen LogP contribution in [0.3, 0.4) is 0 Å². The predicted octanol–water partition coefficient (Wildman–Crippen LogP) is -1.64. The highest BCUT2D eigenvalue weighted by Gasteiger charge is 2.06. The Morgan fingerprint density at radius 3 is 2.56 bits per heavy atom. The Labute approximate surface area is 103 Å². The van der Waals surface area contributed by atoms with Gasteiger partial charge in [-0.1, -0.05) is 12.1 Å².